The van der Waals surface area contributed by atoms with E-state index in [4.69, 9.17) is 5.73 Å². The van der Waals surface area contributed by atoms with Gasteiger partial charge in [0.15, 0.2) is 11.5 Å². The van der Waals surface area contributed by atoms with Crippen LogP contribution in [-0.4, -0.2) is 45.6 Å². The summed E-state index contributed by atoms with van der Waals surface area (Å²) in [6.45, 7) is 4.92. The highest BCUT2D eigenvalue weighted by atomic mass is 15.3. The van der Waals surface area contributed by atoms with E-state index in [1.807, 2.05) is 0 Å². The number of nitrogens with two attached hydrogens (primary N) is 1. The number of nitrogen functional groups attached to an aromatic ring is 1. The maximum Gasteiger partial charge on any atom is 0.224 e. The molecular weight excluding hydrogens is 218 g/mol. The van der Waals surface area contributed by atoms with Gasteiger partial charge in [-0.05, 0) is 6.92 Å². The van der Waals surface area contributed by atoms with E-state index < -0.39 is 0 Å². The van der Waals surface area contributed by atoms with Gasteiger partial charge in [0.05, 0.1) is 6.33 Å². The third kappa shape index (κ3) is 1.78. The molecular formula is C10H15N7. The lowest BCUT2D eigenvalue weighted by Crippen LogP contribution is -2.49. The molecule has 17 heavy (non-hydrogen) atoms. The van der Waals surface area contributed by atoms with E-state index in [9.17, 15) is 0 Å². The molecule has 1 saturated heterocycles. The standard InChI is InChI=1S/C10H15N7/c1-6-4-17(3-2-12-6)9-7-8(14-5-13-7)15-10(11)16-9/h5-6,12H,2-4H2,1H3,(H3,11,13,14,15,16). The van der Waals surface area contributed by atoms with Crippen molar-refractivity contribution in [3.05, 3.63) is 6.33 Å². The van der Waals surface area contributed by atoms with Gasteiger partial charge in [0.2, 0.25) is 5.95 Å². The summed E-state index contributed by atoms with van der Waals surface area (Å²) in [5.41, 5.74) is 7.19. The van der Waals surface area contributed by atoms with Crippen molar-refractivity contribution in [3.63, 3.8) is 0 Å². The van der Waals surface area contributed by atoms with Gasteiger partial charge in [-0.3, -0.25) is 0 Å². The molecule has 90 valence electrons. The largest absolute Gasteiger partial charge is 0.368 e. The second-order valence-electron chi connectivity index (χ2n) is 4.31. The van der Waals surface area contributed by atoms with Crippen LogP contribution in [0.5, 0.6) is 0 Å². The predicted molar refractivity (Wildman–Crippen MR) is 65.8 cm³/mol. The number of nitrogens with one attached hydrogen (secondary N) is 2. The van der Waals surface area contributed by atoms with Crippen LogP contribution in [0.1, 0.15) is 6.92 Å². The fraction of sp³-hybridized carbons (Fsp3) is 0.500. The molecule has 1 unspecified atom stereocenters. The van der Waals surface area contributed by atoms with Gasteiger partial charge in [-0.2, -0.15) is 9.97 Å². The maximum absolute atomic E-state index is 5.71. The zero-order valence-corrected chi connectivity index (χ0v) is 9.64. The number of hydrogen-bond acceptors (Lipinski definition) is 6. The van der Waals surface area contributed by atoms with E-state index in [2.05, 4.69) is 37.1 Å². The summed E-state index contributed by atoms with van der Waals surface area (Å²) in [7, 11) is 0. The van der Waals surface area contributed by atoms with E-state index in [0.29, 0.717) is 11.7 Å². The Balaban J connectivity index is 2.06. The smallest absolute Gasteiger partial charge is 0.224 e. The van der Waals surface area contributed by atoms with E-state index in [1.165, 1.54) is 0 Å². The SMILES string of the molecule is CC1CN(c2nc(N)nc3nc[nH]c23)CCN1. The molecule has 7 heteroatoms. The van der Waals surface area contributed by atoms with Crippen LogP contribution in [0, 0.1) is 0 Å². The first-order chi connectivity index (χ1) is 8.24. The van der Waals surface area contributed by atoms with E-state index >= 15 is 0 Å². The minimum Gasteiger partial charge on any atom is -0.368 e. The highest BCUT2D eigenvalue weighted by molar-refractivity contribution is 5.84. The number of H-pyrrole nitrogens is 1. The Hall–Kier alpha value is -1.89. The van der Waals surface area contributed by atoms with Crippen molar-refractivity contribution in [2.75, 3.05) is 30.3 Å². The second-order valence-corrected chi connectivity index (χ2v) is 4.31. The molecule has 4 N–H and O–H groups in total. The maximum atomic E-state index is 5.71. The van der Waals surface area contributed by atoms with Gasteiger partial charge < -0.3 is 20.9 Å². The van der Waals surface area contributed by atoms with Crippen molar-refractivity contribution in [1.29, 1.82) is 0 Å². The number of aromatic amines is 1. The third-order valence-corrected chi connectivity index (χ3v) is 2.95. The molecule has 0 aliphatic carbocycles. The molecule has 1 atom stereocenters. The summed E-state index contributed by atoms with van der Waals surface area (Å²) in [5, 5.41) is 3.40. The molecule has 7 nitrogen and oxygen atoms in total. The van der Waals surface area contributed by atoms with Gasteiger partial charge in [0.25, 0.3) is 0 Å². The Bertz CT molecular complexity index is 534. The average Bonchev–Trinajstić information content (AvgIpc) is 2.75. The number of rotatable bonds is 1. The first kappa shape index (κ1) is 10.3. The van der Waals surface area contributed by atoms with Crippen molar-refractivity contribution in [1.82, 2.24) is 25.3 Å². The van der Waals surface area contributed by atoms with E-state index in [-0.39, 0.29) is 5.95 Å². The summed E-state index contributed by atoms with van der Waals surface area (Å²) in [5.74, 6) is 1.11. The van der Waals surface area contributed by atoms with Crippen molar-refractivity contribution in [2.45, 2.75) is 13.0 Å². The highest BCUT2D eigenvalue weighted by Crippen LogP contribution is 2.22. The van der Waals surface area contributed by atoms with Crippen molar-refractivity contribution in [3.8, 4) is 0 Å². The number of nitrogens with zero attached hydrogens (tertiary/aromatic N) is 4. The van der Waals surface area contributed by atoms with E-state index in [1.54, 1.807) is 6.33 Å². The Labute approximate surface area is 98.4 Å². The first-order valence-corrected chi connectivity index (χ1v) is 5.69. The summed E-state index contributed by atoms with van der Waals surface area (Å²) < 4.78 is 0. The van der Waals surface area contributed by atoms with Crippen LogP contribution in [0.25, 0.3) is 11.2 Å². The zero-order chi connectivity index (χ0) is 11.8. The second kappa shape index (κ2) is 3.85. The molecule has 2 aromatic heterocycles. The minimum absolute atomic E-state index is 0.269. The van der Waals surface area contributed by atoms with E-state index in [0.717, 1.165) is 31.0 Å². The molecule has 1 fully saturated rings. The average molecular weight is 233 g/mol. The molecule has 0 bridgehead atoms. The van der Waals surface area contributed by atoms with Crippen LogP contribution in [0.3, 0.4) is 0 Å². The number of hydrogen-bond donors (Lipinski definition) is 3. The van der Waals surface area contributed by atoms with Crippen LogP contribution in [0.2, 0.25) is 0 Å². The van der Waals surface area contributed by atoms with Gasteiger partial charge in [-0.15, -0.1) is 0 Å². The van der Waals surface area contributed by atoms with Gasteiger partial charge in [0.1, 0.15) is 5.52 Å². The highest BCUT2D eigenvalue weighted by Gasteiger charge is 2.20. The van der Waals surface area contributed by atoms with Crippen LogP contribution >= 0.6 is 0 Å². The summed E-state index contributed by atoms with van der Waals surface area (Å²) in [6.07, 6.45) is 1.62. The molecule has 0 spiro atoms. The molecule has 0 amide bonds. The quantitative estimate of drug-likeness (QED) is 0.627. The number of piperazine rings is 1. The van der Waals surface area contributed by atoms with Crippen LogP contribution in [0.15, 0.2) is 6.33 Å². The fourth-order valence-corrected chi connectivity index (χ4v) is 2.19. The summed E-state index contributed by atoms with van der Waals surface area (Å²) in [6, 6.07) is 0.443. The van der Waals surface area contributed by atoms with Crippen LogP contribution < -0.4 is 16.0 Å². The molecule has 2 aromatic rings. The lowest BCUT2D eigenvalue weighted by Gasteiger charge is -2.32. The Morgan fingerprint density at radius 2 is 2.35 bits per heavy atom. The Morgan fingerprint density at radius 1 is 1.47 bits per heavy atom. The molecule has 0 saturated carbocycles. The molecule has 3 rings (SSSR count). The van der Waals surface area contributed by atoms with Gasteiger partial charge in [-0.1, -0.05) is 0 Å². The minimum atomic E-state index is 0.269. The lowest BCUT2D eigenvalue weighted by molar-refractivity contribution is 0.483. The lowest BCUT2D eigenvalue weighted by atomic mass is 10.2. The number of fused-ring (bicyclic) bond motifs is 1. The van der Waals surface area contributed by atoms with Crippen molar-refractivity contribution in [2.24, 2.45) is 0 Å². The van der Waals surface area contributed by atoms with Gasteiger partial charge in [-0.25, -0.2) is 4.98 Å². The normalized spacial score (nSPS) is 21.0. The van der Waals surface area contributed by atoms with Gasteiger partial charge in [0, 0.05) is 25.7 Å². The Kier molecular flexibility index (Phi) is 2.32. The van der Waals surface area contributed by atoms with Crippen molar-refractivity contribution < 1.29 is 0 Å². The molecule has 1 aliphatic rings. The first-order valence-electron chi connectivity index (χ1n) is 5.69. The summed E-state index contributed by atoms with van der Waals surface area (Å²) in [4.78, 5) is 17.8. The van der Waals surface area contributed by atoms with Crippen molar-refractivity contribution >= 4 is 22.9 Å². The monoisotopic (exact) mass is 233 g/mol. The fourth-order valence-electron chi connectivity index (χ4n) is 2.19. The molecule has 3 heterocycles. The molecule has 0 aromatic carbocycles. The number of imidazole rings is 1. The van der Waals surface area contributed by atoms with Crippen LogP contribution in [0.4, 0.5) is 11.8 Å². The van der Waals surface area contributed by atoms with Crippen LogP contribution in [-0.2, 0) is 0 Å². The predicted octanol–water partition coefficient (Wildman–Crippen LogP) is -0.267. The molecule has 0 radical (unpaired) electrons. The third-order valence-electron chi connectivity index (χ3n) is 2.95. The zero-order valence-electron chi connectivity index (χ0n) is 9.64. The number of aromatic nitrogens is 4. The Morgan fingerprint density at radius 3 is 3.18 bits per heavy atom. The summed E-state index contributed by atoms with van der Waals surface area (Å²) >= 11 is 0. The topological polar surface area (TPSA) is 95.8 Å². The molecule has 1 aliphatic heterocycles. The number of anilines is 2. The van der Waals surface area contributed by atoms with Gasteiger partial charge >= 0.3 is 0 Å².